The molecule has 0 fully saturated rings. The third-order valence-electron chi connectivity index (χ3n) is 2.02. The number of nitro groups is 1. The van der Waals surface area contributed by atoms with Gasteiger partial charge in [0.1, 0.15) is 0 Å². The number of nitrogens with zero attached hydrogens (tertiary/aromatic N) is 1. The highest BCUT2D eigenvalue weighted by molar-refractivity contribution is 8.00. The average molecular weight is 241 g/mol. The Labute approximate surface area is 98.8 Å². The van der Waals surface area contributed by atoms with Crippen LogP contribution in [0.1, 0.15) is 32.4 Å². The van der Waals surface area contributed by atoms with Gasteiger partial charge in [0.2, 0.25) is 0 Å². The molecule has 0 spiro atoms. The molecule has 1 N–H and O–H groups in total. The summed E-state index contributed by atoms with van der Waals surface area (Å²) >= 11 is 1.45. The molecule has 1 aromatic carbocycles. The van der Waals surface area contributed by atoms with Crippen LogP contribution in [0.5, 0.6) is 0 Å². The summed E-state index contributed by atoms with van der Waals surface area (Å²) in [6.45, 7) is 5.56. The molecule has 16 heavy (non-hydrogen) atoms. The third kappa shape index (κ3) is 3.21. The van der Waals surface area contributed by atoms with Crippen molar-refractivity contribution in [1.82, 2.24) is 0 Å². The standard InChI is InChI=1S/C11H15NO3S/c1-7(2)16-11-5-4-9(8(3)13)6-10(11)12(14)15/h4-8,13H,1-3H3. The normalized spacial score (nSPS) is 12.8. The number of thioether (sulfide) groups is 1. The van der Waals surface area contributed by atoms with E-state index in [1.165, 1.54) is 17.8 Å². The minimum Gasteiger partial charge on any atom is -0.389 e. The van der Waals surface area contributed by atoms with Gasteiger partial charge >= 0.3 is 0 Å². The molecule has 0 aliphatic heterocycles. The lowest BCUT2D eigenvalue weighted by Crippen LogP contribution is -1.97. The number of aliphatic hydroxyl groups excluding tert-OH is 1. The summed E-state index contributed by atoms with van der Waals surface area (Å²) in [4.78, 5) is 11.1. The van der Waals surface area contributed by atoms with E-state index in [-0.39, 0.29) is 10.9 Å². The Balaban J connectivity index is 3.14. The molecule has 0 heterocycles. The molecule has 0 saturated heterocycles. The lowest BCUT2D eigenvalue weighted by molar-refractivity contribution is -0.387. The van der Waals surface area contributed by atoms with Crippen molar-refractivity contribution in [3.8, 4) is 0 Å². The van der Waals surface area contributed by atoms with Crippen LogP contribution in [0.25, 0.3) is 0 Å². The first-order chi connectivity index (χ1) is 7.41. The summed E-state index contributed by atoms with van der Waals surface area (Å²) in [5.74, 6) is 0. The van der Waals surface area contributed by atoms with Gasteiger partial charge in [0, 0.05) is 11.3 Å². The summed E-state index contributed by atoms with van der Waals surface area (Å²) < 4.78 is 0. The molecule has 0 aromatic heterocycles. The Bertz CT molecular complexity index is 391. The summed E-state index contributed by atoms with van der Waals surface area (Å²) in [6.07, 6.45) is -0.684. The second kappa shape index (κ2) is 5.32. The van der Waals surface area contributed by atoms with Crippen LogP contribution in [-0.4, -0.2) is 15.3 Å². The number of rotatable bonds is 4. The molecule has 5 heteroatoms. The largest absolute Gasteiger partial charge is 0.389 e. The molecule has 0 bridgehead atoms. The molecule has 0 amide bonds. The molecule has 1 rings (SSSR count). The van der Waals surface area contributed by atoms with Gasteiger partial charge in [0.25, 0.3) is 5.69 Å². The number of nitro benzene ring substituents is 1. The fraction of sp³-hybridized carbons (Fsp3) is 0.455. The smallest absolute Gasteiger partial charge is 0.283 e. The van der Waals surface area contributed by atoms with Crippen LogP contribution in [0.2, 0.25) is 0 Å². The van der Waals surface area contributed by atoms with E-state index in [1.807, 2.05) is 13.8 Å². The van der Waals surface area contributed by atoms with Gasteiger partial charge in [-0.15, -0.1) is 11.8 Å². The predicted octanol–water partition coefficient (Wildman–Crippen LogP) is 3.15. The Morgan fingerprint density at radius 2 is 2.00 bits per heavy atom. The molecule has 1 atom stereocenters. The Hall–Kier alpha value is -1.07. The van der Waals surface area contributed by atoms with Gasteiger partial charge in [0.15, 0.2) is 0 Å². The van der Waals surface area contributed by atoms with E-state index in [0.29, 0.717) is 10.5 Å². The molecule has 0 aliphatic carbocycles. The quantitative estimate of drug-likeness (QED) is 0.499. The second-order valence-electron chi connectivity index (χ2n) is 3.83. The van der Waals surface area contributed by atoms with Gasteiger partial charge in [-0.2, -0.15) is 0 Å². The van der Waals surface area contributed by atoms with E-state index in [1.54, 1.807) is 19.1 Å². The molecule has 4 nitrogen and oxygen atoms in total. The van der Waals surface area contributed by atoms with Crippen molar-refractivity contribution in [2.75, 3.05) is 0 Å². The molecular formula is C11H15NO3S. The SMILES string of the molecule is CC(C)Sc1ccc(C(C)O)cc1[N+](=O)[O-]. The van der Waals surface area contributed by atoms with Crippen molar-refractivity contribution in [2.45, 2.75) is 37.0 Å². The maximum atomic E-state index is 10.9. The van der Waals surface area contributed by atoms with Crippen LogP contribution < -0.4 is 0 Å². The minimum absolute atomic E-state index is 0.0668. The Morgan fingerprint density at radius 3 is 2.44 bits per heavy atom. The van der Waals surface area contributed by atoms with Gasteiger partial charge in [-0.3, -0.25) is 10.1 Å². The number of hydrogen-bond acceptors (Lipinski definition) is 4. The summed E-state index contributed by atoms with van der Waals surface area (Å²) in [5.41, 5.74) is 0.636. The zero-order chi connectivity index (χ0) is 12.3. The van der Waals surface area contributed by atoms with Crippen LogP contribution in [0.15, 0.2) is 23.1 Å². The van der Waals surface area contributed by atoms with Gasteiger partial charge in [-0.1, -0.05) is 19.9 Å². The Kier molecular flexibility index (Phi) is 4.32. The van der Waals surface area contributed by atoms with Crippen molar-refractivity contribution < 1.29 is 10.0 Å². The van der Waals surface area contributed by atoms with Crippen LogP contribution >= 0.6 is 11.8 Å². The molecule has 1 unspecified atom stereocenters. The average Bonchev–Trinajstić information content (AvgIpc) is 2.16. The van der Waals surface area contributed by atoms with Gasteiger partial charge < -0.3 is 5.11 Å². The lowest BCUT2D eigenvalue weighted by Gasteiger charge is -2.09. The van der Waals surface area contributed by atoms with Crippen LogP contribution in [0, 0.1) is 10.1 Å². The maximum absolute atomic E-state index is 10.9. The monoisotopic (exact) mass is 241 g/mol. The van der Waals surface area contributed by atoms with Crippen molar-refractivity contribution >= 4 is 17.4 Å². The number of benzene rings is 1. The zero-order valence-corrected chi connectivity index (χ0v) is 10.3. The molecular weight excluding hydrogens is 226 g/mol. The topological polar surface area (TPSA) is 63.4 Å². The molecule has 0 saturated carbocycles. The molecule has 1 aromatic rings. The highest BCUT2D eigenvalue weighted by Crippen LogP contribution is 2.33. The number of aliphatic hydroxyl groups is 1. The third-order valence-corrected chi connectivity index (χ3v) is 3.10. The van der Waals surface area contributed by atoms with Crippen LogP contribution in [0.4, 0.5) is 5.69 Å². The Morgan fingerprint density at radius 1 is 1.38 bits per heavy atom. The number of hydrogen-bond donors (Lipinski definition) is 1. The van der Waals surface area contributed by atoms with E-state index in [9.17, 15) is 15.2 Å². The molecule has 0 aliphatic rings. The maximum Gasteiger partial charge on any atom is 0.283 e. The summed E-state index contributed by atoms with van der Waals surface area (Å²) in [5, 5.41) is 20.6. The van der Waals surface area contributed by atoms with Gasteiger partial charge in [-0.25, -0.2) is 0 Å². The first-order valence-electron chi connectivity index (χ1n) is 5.05. The first-order valence-corrected chi connectivity index (χ1v) is 5.93. The molecule has 88 valence electrons. The lowest BCUT2D eigenvalue weighted by atomic mass is 10.1. The summed E-state index contributed by atoms with van der Waals surface area (Å²) in [6, 6.07) is 4.86. The van der Waals surface area contributed by atoms with E-state index >= 15 is 0 Å². The fourth-order valence-corrected chi connectivity index (χ4v) is 2.20. The van der Waals surface area contributed by atoms with Crippen molar-refractivity contribution in [1.29, 1.82) is 0 Å². The highest BCUT2D eigenvalue weighted by Gasteiger charge is 2.17. The van der Waals surface area contributed by atoms with E-state index in [4.69, 9.17) is 0 Å². The molecule has 0 radical (unpaired) electrons. The highest BCUT2D eigenvalue weighted by atomic mass is 32.2. The fourth-order valence-electron chi connectivity index (χ4n) is 1.29. The van der Waals surface area contributed by atoms with Crippen molar-refractivity contribution in [3.05, 3.63) is 33.9 Å². The van der Waals surface area contributed by atoms with E-state index in [0.717, 1.165) is 0 Å². The van der Waals surface area contributed by atoms with Crippen LogP contribution in [0.3, 0.4) is 0 Å². The van der Waals surface area contributed by atoms with Crippen LogP contribution in [-0.2, 0) is 0 Å². The van der Waals surface area contributed by atoms with Gasteiger partial charge in [0.05, 0.1) is 15.9 Å². The van der Waals surface area contributed by atoms with E-state index < -0.39 is 11.0 Å². The van der Waals surface area contributed by atoms with Crippen molar-refractivity contribution in [2.24, 2.45) is 0 Å². The van der Waals surface area contributed by atoms with Crippen molar-refractivity contribution in [3.63, 3.8) is 0 Å². The minimum atomic E-state index is -0.684. The van der Waals surface area contributed by atoms with E-state index in [2.05, 4.69) is 0 Å². The first kappa shape index (κ1) is 13.0. The van der Waals surface area contributed by atoms with Gasteiger partial charge in [-0.05, 0) is 18.6 Å². The second-order valence-corrected chi connectivity index (χ2v) is 5.45. The predicted molar refractivity (Wildman–Crippen MR) is 64.7 cm³/mol. The summed E-state index contributed by atoms with van der Waals surface area (Å²) in [7, 11) is 0. The zero-order valence-electron chi connectivity index (χ0n) is 9.51.